The lowest BCUT2D eigenvalue weighted by molar-refractivity contribution is -0.112. The second-order valence-corrected chi connectivity index (χ2v) is 6.15. The predicted molar refractivity (Wildman–Crippen MR) is 105 cm³/mol. The highest BCUT2D eigenvalue weighted by Crippen LogP contribution is 2.30. The topological polar surface area (TPSA) is 92.3 Å². The maximum atomic E-state index is 11.2. The maximum absolute atomic E-state index is 11.2. The first-order valence-corrected chi connectivity index (χ1v) is 9.07. The molecule has 2 aromatic rings. The van der Waals surface area contributed by atoms with Gasteiger partial charge in [-0.1, -0.05) is 23.7 Å². The number of halogens is 3. The minimum atomic E-state index is -0.583. The predicted octanol–water partition coefficient (Wildman–Crippen LogP) is 4.29. The average Bonchev–Trinajstić information content (AvgIpc) is 3.10. The Morgan fingerprint density at radius 1 is 0.741 bits per heavy atom. The molecule has 0 aliphatic carbocycles. The number of anilines is 2. The van der Waals surface area contributed by atoms with E-state index in [0.717, 1.165) is 11.1 Å². The van der Waals surface area contributed by atoms with Gasteiger partial charge in [-0.2, -0.15) is 0 Å². The van der Waals surface area contributed by atoms with Gasteiger partial charge in [-0.15, -0.1) is 0 Å². The first-order chi connectivity index (χ1) is 12.8. The van der Waals surface area contributed by atoms with Crippen molar-refractivity contribution in [2.24, 2.45) is 0 Å². The van der Waals surface area contributed by atoms with E-state index in [1.165, 1.54) is 6.07 Å². The molecule has 0 aromatic heterocycles. The van der Waals surface area contributed by atoms with Crippen LogP contribution in [0, 0.1) is 13.8 Å². The van der Waals surface area contributed by atoms with E-state index in [0.29, 0.717) is 27.5 Å². The van der Waals surface area contributed by atoms with Crippen molar-refractivity contribution in [2.75, 3.05) is 10.6 Å². The van der Waals surface area contributed by atoms with E-state index >= 15 is 0 Å². The van der Waals surface area contributed by atoms with Crippen LogP contribution in [0.15, 0.2) is 30.3 Å². The molecule has 2 aliphatic heterocycles. The molecule has 2 heterocycles. The summed E-state index contributed by atoms with van der Waals surface area (Å²) >= 11 is 5.75. The highest BCUT2D eigenvalue weighted by molar-refractivity contribution is 6.85. The molecule has 2 N–H and O–H groups in total. The first-order valence-electron chi connectivity index (χ1n) is 7.55. The zero-order valence-corrected chi connectivity index (χ0v) is 16.4. The summed E-state index contributed by atoms with van der Waals surface area (Å²) in [6, 6.07) is 8.50. The third kappa shape index (κ3) is 4.13. The molecule has 0 spiro atoms. The highest BCUT2D eigenvalue weighted by atomic mass is 36.5. The number of ketones is 2. The second kappa shape index (κ2) is 8.52. The van der Waals surface area contributed by atoms with Gasteiger partial charge in [0.15, 0.2) is 0 Å². The van der Waals surface area contributed by atoms with Crippen molar-refractivity contribution in [3.8, 4) is 0 Å². The number of rotatable bonds is 0. The lowest BCUT2D eigenvalue weighted by Crippen LogP contribution is -2.12. The number of fused-ring (bicyclic) bond motifs is 2. The summed E-state index contributed by atoms with van der Waals surface area (Å²) in [5.74, 6) is -2.06. The Bertz CT molecular complexity index is 973. The number of carbonyl (C=O) groups excluding carboxylic acids is 4. The molecule has 0 unspecified atom stereocenters. The molecule has 0 bridgehead atoms. The molecular weight excluding hydrogens is 415 g/mol. The average molecular weight is 428 g/mol. The summed E-state index contributed by atoms with van der Waals surface area (Å²) in [5.41, 5.74) is 3.83. The number of benzene rings is 2. The molecule has 9 heteroatoms. The van der Waals surface area contributed by atoms with E-state index in [1.54, 1.807) is 25.1 Å². The van der Waals surface area contributed by atoms with E-state index in [2.05, 4.69) is 32.3 Å². The second-order valence-electron chi connectivity index (χ2n) is 5.71. The van der Waals surface area contributed by atoms with Crippen LogP contribution in [0.4, 0.5) is 11.4 Å². The molecule has 2 aliphatic rings. The van der Waals surface area contributed by atoms with Crippen molar-refractivity contribution in [1.82, 2.24) is 0 Å². The van der Waals surface area contributed by atoms with Crippen LogP contribution in [0.5, 0.6) is 0 Å². The van der Waals surface area contributed by atoms with E-state index in [9.17, 15) is 19.2 Å². The minimum absolute atomic E-state index is 0.370. The molecule has 0 radical (unpaired) electrons. The summed E-state index contributed by atoms with van der Waals surface area (Å²) in [7, 11) is 8.22. The lowest BCUT2D eigenvalue weighted by atomic mass is 10.1. The van der Waals surface area contributed by atoms with E-state index in [1.807, 2.05) is 13.0 Å². The Morgan fingerprint density at radius 3 is 1.81 bits per heavy atom. The third-order valence-electron chi connectivity index (χ3n) is 3.95. The first kappa shape index (κ1) is 20.9. The largest absolute Gasteiger partial charge is 0.318 e. The van der Waals surface area contributed by atoms with Gasteiger partial charge in [-0.3, -0.25) is 19.2 Å². The van der Waals surface area contributed by atoms with Crippen molar-refractivity contribution >= 4 is 68.1 Å². The Labute approximate surface area is 169 Å². The van der Waals surface area contributed by atoms with Gasteiger partial charge in [0, 0.05) is 26.7 Å². The van der Waals surface area contributed by atoms with Gasteiger partial charge in [0.05, 0.1) is 22.5 Å². The van der Waals surface area contributed by atoms with E-state index < -0.39 is 23.4 Å². The molecule has 2 aromatic carbocycles. The maximum Gasteiger partial charge on any atom is 0.296 e. The number of Topliss-reactive ketones (excluding diaryl/α,β-unsaturated/α-hetero) is 2. The molecule has 6 nitrogen and oxygen atoms in total. The van der Waals surface area contributed by atoms with Crippen LogP contribution in [-0.2, 0) is 9.59 Å². The van der Waals surface area contributed by atoms with Crippen molar-refractivity contribution in [2.45, 2.75) is 13.8 Å². The quantitative estimate of drug-likeness (QED) is 0.613. The van der Waals surface area contributed by atoms with Crippen LogP contribution in [0.1, 0.15) is 31.8 Å². The summed E-state index contributed by atoms with van der Waals surface area (Å²) in [4.78, 5) is 44.3. The fourth-order valence-corrected chi connectivity index (χ4v) is 2.97. The molecule has 0 saturated carbocycles. The normalized spacial score (nSPS) is 13.5. The minimum Gasteiger partial charge on any atom is -0.318 e. The molecule has 4 rings (SSSR count). The molecule has 140 valence electrons. The Balaban J connectivity index is 0.000000178. The van der Waals surface area contributed by atoms with E-state index in [4.69, 9.17) is 11.6 Å². The zero-order chi connectivity index (χ0) is 20.3. The Kier molecular flexibility index (Phi) is 6.59. The van der Waals surface area contributed by atoms with Crippen molar-refractivity contribution in [1.29, 1.82) is 0 Å². The number of aryl methyl sites for hydroxylation is 2. The number of carbonyl (C=O) groups is 4. The van der Waals surface area contributed by atoms with Crippen LogP contribution < -0.4 is 10.6 Å². The third-order valence-corrected chi connectivity index (χ3v) is 4.17. The van der Waals surface area contributed by atoms with E-state index in [-0.39, 0.29) is 0 Å². The zero-order valence-electron chi connectivity index (χ0n) is 14.2. The van der Waals surface area contributed by atoms with Gasteiger partial charge < -0.3 is 10.6 Å². The van der Waals surface area contributed by atoms with Gasteiger partial charge in [-0.05, 0) is 43.2 Å². The van der Waals surface area contributed by atoms with Crippen molar-refractivity contribution in [3.05, 3.63) is 57.6 Å². The van der Waals surface area contributed by atoms with Crippen molar-refractivity contribution in [3.63, 3.8) is 0 Å². The molecule has 27 heavy (non-hydrogen) atoms. The molecule has 0 saturated heterocycles. The fourth-order valence-electron chi connectivity index (χ4n) is 2.70. The van der Waals surface area contributed by atoms with Gasteiger partial charge >= 0.3 is 0 Å². The molecule has 0 atom stereocenters. The molecule has 2 amide bonds. The fraction of sp³-hybridized carbons (Fsp3) is 0.111. The number of para-hydroxylation sites is 1. The lowest BCUT2D eigenvalue weighted by Gasteiger charge is -2.01. The smallest absolute Gasteiger partial charge is 0.296 e. The summed E-state index contributed by atoms with van der Waals surface area (Å²) in [6.07, 6.45) is 0. The standard InChI is InChI=1S/C9H6ClNO2.C9H7NO2.Cl2/c1-4-2-5(10)3-6-7(4)11-9(13)8(6)12;1-5-3-2-4-6-7(5)10-9(12)8(6)11;1-2/h2-3H,1H3,(H,11,12,13);2-4H,1H3,(H,10,11,12);. The van der Waals surface area contributed by atoms with Crippen LogP contribution in [0.2, 0.25) is 5.02 Å². The SMILES string of the molecule is Cc1cc(Cl)cc2c1NC(=O)C2=O.Cc1cccc2c1NC(=O)C2=O.ClCl. The summed E-state index contributed by atoms with van der Waals surface area (Å²) in [5, 5.41) is 5.50. The van der Waals surface area contributed by atoms with Crippen LogP contribution in [0.3, 0.4) is 0 Å². The van der Waals surface area contributed by atoms with Crippen molar-refractivity contribution < 1.29 is 19.2 Å². The number of nitrogens with one attached hydrogen (secondary N) is 2. The highest BCUT2D eigenvalue weighted by Gasteiger charge is 2.29. The molecule has 0 fully saturated rings. The number of hydrogen-bond acceptors (Lipinski definition) is 4. The van der Waals surface area contributed by atoms with Gasteiger partial charge in [-0.25, -0.2) is 0 Å². The van der Waals surface area contributed by atoms with Crippen LogP contribution in [0.25, 0.3) is 0 Å². The Morgan fingerprint density at radius 2 is 1.26 bits per heavy atom. The van der Waals surface area contributed by atoms with Gasteiger partial charge in [0.25, 0.3) is 23.4 Å². The summed E-state index contributed by atoms with van der Waals surface area (Å²) in [6.45, 7) is 3.65. The van der Waals surface area contributed by atoms with Crippen LogP contribution >= 0.6 is 33.3 Å². The number of amides is 2. The Hall–Kier alpha value is -2.41. The van der Waals surface area contributed by atoms with Crippen LogP contribution in [-0.4, -0.2) is 23.4 Å². The van der Waals surface area contributed by atoms with Gasteiger partial charge in [0.2, 0.25) is 0 Å². The summed E-state index contributed by atoms with van der Waals surface area (Å²) < 4.78 is 0. The van der Waals surface area contributed by atoms with Gasteiger partial charge in [0.1, 0.15) is 0 Å². The molecular formula is C18H13Cl3N2O4. The number of hydrogen-bond donors (Lipinski definition) is 2. The monoisotopic (exact) mass is 426 g/mol.